The molecule has 17 heavy (non-hydrogen) atoms. The van der Waals surface area contributed by atoms with Crippen molar-refractivity contribution in [1.82, 2.24) is 0 Å². The smallest absolute Gasteiger partial charge is 0.123 e. The summed E-state index contributed by atoms with van der Waals surface area (Å²) in [5.74, 6) is 2.08. The maximum absolute atomic E-state index is 11.2. The molecule has 2 aliphatic carbocycles. The number of hydrogen-bond acceptors (Lipinski definition) is 1. The van der Waals surface area contributed by atoms with Crippen LogP contribution in [0.4, 0.5) is 0 Å². The maximum atomic E-state index is 11.2. The average molecular weight is 236 g/mol. The molecule has 0 saturated heterocycles. The Balaban J connectivity index is 2.15. The molecule has 1 nitrogen and oxygen atoms in total. The summed E-state index contributed by atoms with van der Waals surface area (Å²) in [5, 5.41) is 0. The Kier molecular flexibility index (Phi) is 3.40. The molecule has 98 valence electrons. The van der Waals surface area contributed by atoms with E-state index in [1.54, 1.807) is 0 Å². The van der Waals surface area contributed by atoms with E-state index in [-0.39, 0.29) is 0 Å². The summed E-state index contributed by atoms with van der Waals surface area (Å²) in [7, 11) is 0. The fourth-order valence-corrected chi connectivity index (χ4v) is 4.77. The summed E-state index contributed by atoms with van der Waals surface area (Å²) in [6.07, 6.45) is 8.80. The Morgan fingerprint density at radius 2 is 1.88 bits per heavy atom. The van der Waals surface area contributed by atoms with Crippen molar-refractivity contribution < 1.29 is 4.79 Å². The standard InChI is InChI=1S/C16H28O/c1-5-6-12(11-17)10-16(4)14-8-7-13(9-14)15(16,2)3/h11-14H,5-10H2,1-4H3. The molecule has 0 radical (unpaired) electrons. The Labute approximate surface area is 106 Å². The summed E-state index contributed by atoms with van der Waals surface area (Å²) in [6, 6.07) is 0. The summed E-state index contributed by atoms with van der Waals surface area (Å²) < 4.78 is 0. The van der Waals surface area contributed by atoms with E-state index in [0.717, 1.165) is 31.1 Å². The van der Waals surface area contributed by atoms with Gasteiger partial charge in [-0.15, -0.1) is 0 Å². The van der Waals surface area contributed by atoms with Gasteiger partial charge in [0.25, 0.3) is 0 Å². The maximum Gasteiger partial charge on any atom is 0.123 e. The molecule has 0 heterocycles. The molecule has 2 bridgehead atoms. The Morgan fingerprint density at radius 3 is 2.35 bits per heavy atom. The lowest BCUT2D eigenvalue weighted by atomic mass is 9.56. The molecule has 0 amide bonds. The molecule has 0 aromatic rings. The lowest BCUT2D eigenvalue weighted by Crippen LogP contribution is -2.42. The van der Waals surface area contributed by atoms with Crippen LogP contribution in [-0.4, -0.2) is 6.29 Å². The number of fused-ring (bicyclic) bond motifs is 2. The van der Waals surface area contributed by atoms with Gasteiger partial charge in [-0.25, -0.2) is 0 Å². The molecule has 2 aliphatic rings. The quantitative estimate of drug-likeness (QED) is 0.644. The minimum atomic E-state index is 0.295. The first-order valence-electron chi connectivity index (χ1n) is 7.41. The highest BCUT2D eigenvalue weighted by Crippen LogP contribution is 2.68. The van der Waals surface area contributed by atoms with Crippen molar-refractivity contribution in [3.05, 3.63) is 0 Å². The second-order valence-corrected chi connectivity index (χ2v) is 7.24. The van der Waals surface area contributed by atoms with E-state index in [4.69, 9.17) is 0 Å². The first-order chi connectivity index (χ1) is 7.95. The fourth-order valence-electron chi connectivity index (χ4n) is 4.77. The van der Waals surface area contributed by atoms with Crippen molar-refractivity contribution in [1.29, 1.82) is 0 Å². The van der Waals surface area contributed by atoms with Crippen LogP contribution in [0.3, 0.4) is 0 Å². The normalized spacial score (nSPS) is 40.5. The van der Waals surface area contributed by atoms with E-state index in [1.165, 1.54) is 25.5 Å². The van der Waals surface area contributed by atoms with Crippen LogP contribution in [0.25, 0.3) is 0 Å². The molecule has 1 heteroatoms. The minimum absolute atomic E-state index is 0.295. The molecule has 0 N–H and O–H groups in total. The highest BCUT2D eigenvalue weighted by atomic mass is 16.1. The molecule has 2 saturated carbocycles. The first kappa shape index (κ1) is 13.1. The summed E-state index contributed by atoms with van der Waals surface area (Å²) in [4.78, 5) is 11.2. The third kappa shape index (κ3) is 1.86. The number of rotatable bonds is 5. The van der Waals surface area contributed by atoms with Crippen LogP contribution in [-0.2, 0) is 4.79 Å². The Bertz CT molecular complexity index is 294. The van der Waals surface area contributed by atoms with Crippen molar-refractivity contribution in [2.45, 2.75) is 66.2 Å². The van der Waals surface area contributed by atoms with Gasteiger partial charge >= 0.3 is 0 Å². The van der Waals surface area contributed by atoms with E-state index < -0.39 is 0 Å². The number of carbonyl (C=O) groups excluding carboxylic acids is 1. The summed E-state index contributed by atoms with van der Waals surface area (Å²) in [6.45, 7) is 9.54. The van der Waals surface area contributed by atoms with Crippen LogP contribution >= 0.6 is 0 Å². The fraction of sp³-hybridized carbons (Fsp3) is 0.938. The molecule has 2 rings (SSSR count). The van der Waals surface area contributed by atoms with Crippen molar-refractivity contribution >= 4 is 6.29 Å². The molecule has 0 spiro atoms. The van der Waals surface area contributed by atoms with Crippen molar-refractivity contribution in [2.24, 2.45) is 28.6 Å². The SMILES string of the molecule is CCCC(C=O)CC1(C)C2CCC(C2)C1(C)C. The molecule has 4 atom stereocenters. The topological polar surface area (TPSA) is 17.1 Å². The van der Waals surface area contributed by atoms with Gasteiger partial charge < -0.3 is 4.79 Å². The zero-order valence-electron chi connectivity index (χ0n) is 12.0. The molecular formula is C16H28O. The molecule has 0 aromatic heterocycles. The van der Waals surface area contributed by atoms with Crippen molar-refractivity contribution in [2.75, 3.05) is 0 Å². The highest BCUT2D eigenvalue weighted by Gasteiger charge is 2.60. The minimum Gasteiger partial charge on any atom is -0.303 e. The van der Waals surface area contributed by atoms with E-state index in [2.05, 4.69) is 27.7 Å². The van der Waals surface area contributed by atoms with Gasteiger partial charge in [0.2, 0.25) is 0 Å². The van der Waals surface area contributed by atoms with Crippen molar-refractivity contribution in [3.8, 4) is 0 Å². The second kappa shape index (κ2) is 4.40. The van der Waals surface area contributed by atoms with Crippen LogP contribution in [0.2, 0.25) is 0 Å². The van der Waals surface area contributed by atoms with Crippen molar-refractivity contribution in [3.63, 3.8) is 0 Å². The van der Waals surface area contributed by atoms with Crippen LogP contribution in [0.5, 0.6) is 0 Å². The van der Waals surface area contributed by atoms with Gasteiger partial charge in [-0.3, -0.25) is 0 Å². The molecule has 0 aromatic carbocycles. The van der Waals surface area contributed by atoms with E-state index in [1.807, 2.05) is 0 Å². The third-order valence-electron chi connectivity index (χ3n) is 6.36. The Hall–Kier alpha value is -0.330. The average Bonchev–Trinajstić information content (AvgIpc) is 2.82. The van der Waals surface area contributed by atoms with Gasteiger partial charge in [-0.1, -0.05) is 34.1 Å². The molecular weight excluding hydrogens is 208 g/mol. The number of hydrogen-bond donors (Lipinski definition) is 0. The lowest BCUT2D eigenvalue weighted by Gasteiger charge is -2.49. The number of carbonyl (C=O) groups is 1. The second-order valence-electron chi connectivity index (χ2n) is 7.24. The first-order valence-corrected chi connectivity index (χ1v) is 7.41. The molecule has 4 unspecified atom stereocenters. The molecule has 0 aliphatic heterocycles. The predicted molar refractivity (Wildman–Crippen MR) is 71.8 cm³/mol. The van der Waals surface area contributed by atoms with Crippen LogP contribution < -0.4 is 0 Å². The third-order valence-corrected chi connectivity index (χ3v) is 6.36. The predicted octanol–water partition coefficient (Wildman–Crippen LogP) is 4.45. The van der Waals surface area contributed by atoms with Crippen LogP contribution in [0.1, 0.15) is 66.2 Å². The van der Waals surface area contributed by atoms with Crippen LogP contribution in [0.15, 0.2) is 0 Å². The van der Waals surface area contributed by atoms with E-state index >= 15 is 0 Å². The molecule has 2 fully saturated rings. The summed E-state index contributed by atoms with van der Waals surface area (Å²) >= 11 is 0. The monoisotopic (exact) mass is 236 g/mol. The highest BCUT2D eigenvalue weighted by molar-refractivity contribution is 5.53. The largest absolute Gasteiger partial charge is 0.303 e. The van der Waals surface area contributed by atoms with Gasteiger partial charge in [-0.2, -0.15) is 0 Å². The lowest BCUT2D eigenvalue weighted by molar-refractivity contribution is -0.113. The van der Waals surface area contributed by atoms with Gasteiger partial charge in [0.1, 0.15) is 6.29 Å². The number of aldehydes is 1. The zero-order chi connectivity index (χ0) is 12.7. The summed E-state index contributed by atoms with van der Waals surface area (Å²) in [5.41, 5.74) is 0.835. The van der Waals surface area contributed by atoms with Gasteiger partial charge in [-0.05, 0) is 54.8 Å². The van der Waals surface area contributed by atoms with Crippen LogP contribution in [0, 0.1) is 28.6 Å². The van der Waals surface area contributed by atoms with Gasteiger partial charge in [0.05, 0.1) is 0 Å². The Morgan fingerprint density at radius 1 is 1.24 bits per heavy atom. The van der Waals surface area contributed by atoms with E-state index in [9.17, 15) is 4.79 Å². The van der Waals surface area contributed by atoms with Gasteiger partial charge in [0, 0.05) is 5.92 Å². The zero-order valence-corrected chi connectivity index (χ0v) is 12.0. The van der Waals surface area contributed by atoms with Gasteiger partial charge in [0.15, 0.2) is 0 Å². The van der Waals surface area contributed by atoms with E-state index in [0.29, 0.717) is 16.7 Å².